The number of hydrogen-bond acceptors (Lipinski definition) is 3. The van der Waals surface area contributed by atoms with E-state index in [-0.39, 0.29) is 6.04 Å². The average molecular weight is 205 g/mol. The van der Waals surface area contributed by atoms with Gasteiger partial charge in [-0.2, -0.15) is 11.8 Å². The van der Waals surface area contributed by atoms with Gasteiger partial charge in [0.1, 0.15) is 0 Å². The molecule has 0 aliphatic carbocycles. The second-order valence-corrected chi connectivity index (χ2v) is 5.71. The third-order valence-corrected chi connectivity index (χ3v) is 3.15. The molecule has 0 saturated heterocycles. The number of hydrogen-bond donors (Lipinski definition) is 1. The van der Waals surface area contributed by atoms with Gasteiger partial charge in [0.2, 0.25) is 0 Å². The van der Waals surface area contributed by atoms with E-state index in [4.69, 9.17) is 5.73 Å². The zero-order valence-corrected chi connectivity index (χ0v) is 9.80. The van der Waals surface area contributed by atoms with E-state index in [0.29, 0.717) is 5.25 Å². The summed E-state index contributed by atoms with van der Waals surface area (Å²) in [5.74, 6) is 1.12. The van der Waals surface area contributed by atoms with E-state index in [1.807, 2.05) is 11.8 Å². The Kier molecular flexibility index (Phi) is 7.10. The van der Waals surface area contributed by atoms with Gasteiger partial charge in [0.05, 0.1) is 0 Å². The maximum Gasteiger partial charge on any atom is 0.0357 e. The Balaban J connectivity index is 3.61. The average Bonchev–Trinajstić information content (AvgIpc) is 1.98. The second-order valence-electron chi connectivity index (χ2n) is 3.02. The van der Waals surface area contributed by atoms with Crippen LogP contribution in [0.4, 0.5) is 0 Å². The molecule has 0 bridgehead atoms. The fourth-order valence-electron chi connectivity index (χ4n) is 0.796. The third kappa shape index (κ3) is 5.98. The van der Waals surface area contributed by atoms with Crippen LogP contribution < -0.4 is 5.73 Å². The Morgan fingerprint density at radius 1 is 1.50 bits per heavy atom. The van der Waals surface area contributed by atoms with Crippen molar-refractivity contribution in [2.75, 3.05) is 12.0 Å². The van der Waals surface area contributed by atoms with Crippen molar-refractivity contribution in [1.29, 1.82) is 0 Å². The molecule has 1 nitrogen and oxygen atoms in total. The molecule has 0 aromatic heterocycles. The summed E-state index contributed by atoms with van der Waals surface area (Å²) in [5, 5.41) is 0.595. The normalized spacial score (nSPS) is 13.4. The van der Waals surface area contributed by atoms with Crippen molar-refractivity contribution < 1.29 is 0 Å². The lowest BCUT2D eigenvalue weighted by Crippen LogP contribution is -2.22. The van der Waals surface area contributed by atoms with E-state index in [2.05, 4.69) is 26.7 Å². The molecule has 0 aliphatic rings. The first-order chi connectivity index (χ1) is 5.57. The Morgan fingerprint density at radius 2 is 2.08 bits per heavy atom. The van der Waals surface area contributed by atoms with Gasteiger partial charge >= 0.3 is 0 Å². The number of rotatable bonds is 6. The molecule has 0 heterocycles. The molecule has 0 spiro atoms. The zero-order chi connectivity index (χ0) is 9.56. The summed E-state index contributed by atoms with van der Waals surface area (Å²) >= 11 is 3.62. The summed E-state index contributed by atoms with van der Waals surface area (Å²) in [5.41, 5.74) is 5.92. The molecule has 1 atom stereocenters. The molecule has 0 fully saturated rings. The lowest BCUT2D eigenvalue weighted by Gasteiger charge is -2.15. The van der Waals surface area contributed by atoms with Crippen molar-refractivity contribution in [3.8, 4) is 0 Å². The molecule has 0 unspecified atom stereocenters. The molecular formula is C9H19NS2. The van der Waals surface area contributed by atoms with Gasteiger partial charge in [0.25, 0.3) is 0 Å². The topological polar surface area (TPSA) is 26.0 Å². The highest BCUT2D eigenvalue weighted by molar-refractivity contribution is 8.03. The van der Waals surface area contributed by atoms with Crippen molar-refractivity contribution >= 4 is 23.5 Å². The van der Waals surface area contributed by atoms with E-state index >= 15 is 0 Å². The van der Waals surface area contributed by atoms with Crippen LogP contribution in [0.2, 0.25) is 0 Å². The van der Waals surface area contributed by atoms with Crippen LogP contribution in [0.25, 0.3) is 0 Å². The molecule has 72 valence electrons. The van der Waals surface area contributed by atoms with Crippen molar-refractivity contribution in [3.63, 3.8) is 0 Å². The molecule has 0 aliphatic heterocycles. The van der Waals surface area contributed by atoms with Gasteiger partial charge in [-0.25, -0.2) is 0 Å². The Morgan fingerprint density at radius 3 is 2.50 bits per heavy atom. The molecular weight excluding hydrogens is 186 g/mol. The van der Waals surface area contributed by atoms with E-state index in [1.165, 1.54) is 0 Å². The fourth-order valence-corrected chi connectivity index (χ4v) is 2.18. The molecule has 12 heavy (non-hydrogen) atoms. The molecule has 2 N–H and O–H groups in total. The van der Waals surface area contributed by atoms with E-state index < -0.39 is 0 Å². The summed E-state index contributed by atoms with van der Waals surface area (Å²) in [4.78, 5) is 1.12. The molecule has 0 aromatic rings. The maximum absolute atomic E-state index is 5.92. The standard InChI is InChI=1S/C9H19NS2/c1-7(2)12-8(3)9(10)5-6-11-4/h7,9H,3,5-6,10H2,1-2,4H3/t9-/m0/s1. The molecule has 0 radical (unpaired) electrons. The number of thioether (sulfide) groups is 2. The van der Waals surface area contributed by atoms with Crippen LogP contribution in [0, 0.1) is 0 Å². The minimum atomic E-state index is 0.171. The van der Waals surface area contributed by atoms with Crippen LogP contribution in [-0.2, 0) is 0 Å². The SMILES string of the molecule is C=C(SC(C)C)[C@@H](N)CCSC. The molecule has 0 rings (SSSR count). The van der Waals surface area contributed by atoms with Gasteiger partial charge in [-0.15, -0.1) is 11.8 Å². The van der Waals surface area contributed by atoms with E-state index in [1.54, 1.807) is 11.8 Å². The maximum atomic E-state index is 5.92. The summed E-state index contributed by atoms with van der Waals surface area (Å²) in [7, 11) is 0. The monoisotopic (exact) mass is 205 g/mol. The molecule has 0 aromatic carbocycles. The van der Waals surface area contributed by atoms with Crippen LogP contribution >= 0.6 is 23.5 Å². The number of nitrogens with two attached hydrogens (primary N) is 1. The minimum absolute atomic E-state index is 0.171. The molecule has 0 amide bonds. The lowest BCUT2D eigenvalue weighted by atomic mass is 10.2. The van der Waals surface area contributed by atoms with Crippen molar-refractivity contribution in [1.82, 2.24) is 0 Å². The smallest absolute Gasteiger partial charge is 0.0357 e. The highest BCUT2D eigenvalue weighted by Crippen LogP contribution is 2.23. The van der Waals surface area contributed by atoms with E-state index in [0.717, 1.165) is 17.1 Å². The summed E-state index contributed by atoms with van der Waals surface area (Å²) < 4.78 is 0. The van der Waals surface area contributed by atoms with Crippen molar-refractivity contribution in [3.05, 3.63) is 11.5 Å². The predicted molar refractivity (Wildman–Crippen MR) is 62.8 cm³/mol. The van der Waals surface area contributed by atoms with Crippen LogP contribution in [0.15, 0.2) is 11.5 Å². The fraction of sp³-hybridized carbons (Fsp3) is 0.778. The van der Waals surface area contributed by atoms with E-state index in [9.17, 15) is 0 Å². The third-order valence-electron chi connectivity index (χ3n) is 1.43. The first-order valence-electron chi connectivity index (χ1n) is 4.18. The first-order valence-corrected chi connectivity index (χ1v) is 6.45. The molecule has 0 saturated carbocycles. The highest BCUT2D eigenvalue weighted by Gasteiger charge is 2.08. The largest absolute Gasteiger partial charge is 0.324 e. The quantitative estimate of drug-likeness (QED) is 0.722. The van der Waals surface area contributed by atoms with Crippen LogP contribution in [0.1, 0.15) is 20.3 Å². The van der Waals surface area contributed by atoms with Gasteiger partial charge in [-0.3, -0.25) is 0 Å². The second kappa shape index (κ2) is 6.87. The lowest BCUT2D eigenvalue weighted by molar-refractivity contribution is 0.781. The first kappa shape index (κ1) is 12.4. The van der Waals surface area contributed by atoms with Crippen molar-refractivity contribution in [2.24, 2.45) is 5.73 Å². The van der Waals surface area contributed by atoms with Gasteiger partial charge in [0, 0.05) is 11.3 Å². The van der Waals surface area contributed by atoms with Crippen LogP contribution in [0.5, 0.6) is 0 Å². The van der Waals surface area contributed by atoms with Crippen LogP contribution in [0.3, 0.4) is 0 Å². The Hall–Kier alpha value is 0.400. The van der Waals surface area contributed by atoms with Gasteiger partial charge in [-0.1, -0.05) is 20.4 Å². The predicted octanol–water partition coefficient (Wildman–Crippen LogP) is 2.72. The van der Waals surface area contributed by atoms with Gasteiger partial charge in [-0.05, 0) is 23.3 Å². The van der Waals surface area contributed by atoms with Crippen LogP contribution in [-0.4, -0.2) is 23.3 Å². The summed E-state index contributed by atoms with van der Waals surface area (Å²) in [6, 6.07) is 0.171. The summed E-state index contributed by atoms with van der Waals surface area (Å²) in [6.45, 7) is 8.30. The summed E-state index contributed by atoms with van der Waals surface area (Å²) in [6.07, 6.45) is 3.14. The molecule has 3 heteroatoms. The minimum Gasteiger partial charge on any atom is -0.324 e. The van der Waals surface area contributed by atoms with Gasteiger partial charge < -0.3 is 5.73 Å². The Bertz CT molecular complexity index is 134. The van der Waals surface area contributed by atoms with Gasteiger partial charge in [0.15, 0.2) is 0 Å². The van der Waals surface area contributed by atoms with Crippen molar-refractivity contribution in [2.45, 2.75) is 31.6 Å². The Labute approximate surface area is 84.6 Å². The highest BCUT2D eigenvalue weighted by atomic mass is 32.2. The zero-order valence-electron chi connectivity index (χ0n) is 8.17.